The predicted molar refractivity (Wildman–Crippen MR) is 69.4 cm³/mol. The third kappa shape index (κ3) is 3.81. The van der Waals surface area contributed by atoms with Gasteiger partial charge in [0.05, 0.1) is 18.2 Å². The molecular formula is C10H13Cl2NO4S. The van der Waals surface area contributed by atoms with Crippen LogP contribution in [0, 0.1) is 0 Å². The molecule has 2 N–H and O–H groups in total. The number of aliphatic hydroxyl groups excluding tert-OH is 1. The minimum atomic E-state index is -3.78. The van der Waals surface area contributed by atoms with Crippen molar-refractivity contribution in [3.05, 3.63) is 27.7 Å². The van der Waals surface area contributed by atoms with Crippen molar-refractivity contribution in [3.8, 4) is 0 Å². The fourth-order valence-electron chi connectivity index (χ4n) is 1.28. The number of nitrogens with one attached hydrogen (secondary N) is 1. The van der Waals surface area contributed by atoms with Crippen LogP contribution in [0.4, 0.5) is 0 Å². The highest BCUT2D eigenvalue weighted by molar-refractivity contribution is 7.89. The molecule has 0 aromatic heterocycles. The lowest BCUT2D eigenvalue weighted by Crippen LogP contribution is -2.27. The van der Waals surface area contributed by atoms with Crippen molar-refractivity contribution in [2.75, 3.05) is 20.3 Å². The molecular weight excluding hydrogens is 301 g/mol. The lowest BCUT2D eigenvalue weighted by atomic mass is 10.2. The van der Waals surface area contributed by atoms with Crippen LogP contribution >= 0.6 is 23.2 Å². The van der Waals surface area contributed by atoms with E-state index in [4.69, 9.17) is 33.0 Å². The Kier molecular flexibility index (Phi) is 5.84. The Balaban J connectivity index is 3.12. The fourth-order valence-corrected chi connectivity index (χ4v) is 3.22. The van der Waals surface area contributed by atoms with Gasteiger partial charge in [0.2, 0.25) is 10.0 Å². The molecule has 0 aliphatic heterocycles. The van der Waals surface area contributed by atoms with Gasteiger partial charge in [0.25, 0.3) is 0 Å². The monoisotopic (exact) mass is 313 g/mol. The van der Waals surface area contributed by atoms with E-state index >= 15 is 0 Å². The van der Waals surface area contributed by atoms with Crippen LogP contribution in [0.1, 0.15) is 5.56 Å². The van der Waals surface area contributed by atoms with Crippen molar-refractivity contribution in [3.63, 3.8) is 0 Å². The Morgan fingerprint density at radius 2 is 2.06 bits per heavy atom. The first-order chi connectivity index (χ1) is 8.42. The van der Waals surface area contributed by atoms with Gasteiger partial charge in [-0.3, -0.25) is 0 Å². The summed E-state index contributed by atoms with van der Waals surface area (Å²) in [7, 11) is -2.31. The van der Waals surface area contributed by atoms with Crippen LogP contribution in [0.15, 0.2) is 17.0 Å². The Morgan fingerprint density at radius 1 is 1.39 bits per heavy atom. The third-order valence-electron chi connectivity index (χ3n) is 2.14. The van der Waals surface area contributed by atoms with Crippen molar-refractivity contribution < 1.29 is 18.3 Å². The van der Waals surface area contributed by atoms with Gasteiger partial charge in [0.15, 0.2) is 0 Å². The zero-order valence-electron chi connectivity index (χ0n) is 9.61. The average molecular weight is 314 g/mol. The van der Waals surface area contributed by atoms with E-state index in [1.807, 2.05) is 0 Å². The molecule has 0 bridgehead atoms. The standard InChI is InChI=1S/C10H13Cl2NO4S/c1-17-3-2-13-18(15,16)9-5-8(11)4-7(6-14)10(9)12/h4-5,13-14H,2-3,6H2,1H3. The summed E-state index contributed by atoms with van der Waals surface area (Å²) in [5, 5.41) is 9.22. The van der Waals surface area contributed by atoms with Crippen molar-refractivity contribution in [1.82, 2.24) is 4.72 Å². The summed E-state index contributed by atoms with van der Waals surface area (Å²) < 4.78 is 31.0. The van der Waals surface area contributed by atoms with Crippen LogP contribution in [0.5, 0.6) is 0 Å². The van der Waals surface area contributed by atoms with Gasteiger partial charge in [-0.2, -0.15) is 0 Å². The Morgan fingerprint density at radius 3 is 2.61 bits per heavy atom. The molecule has 0 saturated heterocycles. The van der Waals surface area contributed by atoms with Crippen LogP contribution in [0.2, 0.25) is 10.0 Å². The Hall–Kier alpha value is -0.370. The van der Waals surface area contributed by atoms with Crippen LogP contribution in [0.25, 0.3) is 0 Å². The first-order valence-corrected chi connectivity index (χ1v) is 7.23. The molecule has 0 radical (unpaired) electrons. The molecule has 1 aromatic rings. The Bertz CT molecular complexity index is 519. The molecule has 0 spiro atoms. The minimum absolute atomic E-state index is 0.0354. The van der Waals surface area contributed by atoms with Gasteiger partial charge < -0.3 is 9.84 Å². The molecule has 0 unspecified atom stereocenters. The van der Waals surface area contributed by atoms with Gasteiger partial charge in [-0.05, 0) is 17.7 Å². The first-order valence-electron chi connectivity index (χ1n) is 4.99. The summed E-state index contributed by atoms with van der Waals surface area (Å²) in [6.07, 6.45) is 0. The summed E-state index contributed by atoms with van der Waals surface area (Å²) in [6.45, 7) is -0.0274. The lowest BCUT2D eigenvalue weighted by Gasteiger charge is -2.11. The maximum absolute atomic E-state index is 12.0. The number of sulfonamides is 1. The topological polar surface area (TPSA) is 75.6 Å². The molecule has 0 fully saturated rings. The SMILES string of the molecule is COCCNS(=O)(=O)c1cc(Cl)cc(CO)c1Cl. The highest BCUT2D eigenvalue weighted by atomic mass is 35.5. The van der Waals surface area contributed by atoms with Crippen LogP contribution in [0.3, 0.4) is 0 Å². The van der Waals surface area contributed by atoms with Gasteiger partial charge in [-0.15, -0.1) is 0 Å². The molecule has 1 aromatic carbocycles. The second-order valence-corrected chi connectivity index (χ2v) is 5.98. The summed E-state index contributed by atoms with van der Waals surface area (Å²) in [5.41, 5.74) is 0.260. The van der Waals surface area contributed by atoms with Crippen LogP contribution < -0.4 is 4.72 Å². The molecule has 1 rings (SSSR count). The third-order valence-corrected chi connectivity index (χ3v) is 4.40. The number of halogens is 2. The number of hydrogen-bond acceptors (Lipinski definition) is 4. The molecule has 0 saturated carbocycles. The van der Waals surface area contributed by atoms with E-state index in [-0.39, 0.29) is 40.3 Å². The zero-order valence-corrected chi connectivity index (χ0v) is 11.9. The van der Waals surface area contributed by atoms with E-state index in [1.54, 1.807) is 0 Å². The molecule has 0 aliphatic rings. The maximum Gasteiger partial charge on any atom is 0.242 e. The van der Waals surface area contributed by atoms with Gasteiger partial charge in [0.1, 0.15) is 4.90 Å². The molecule has 18 heavy (non-hydrogen) atoms. The summed E-state index contributed by atoms with van der Waals surface area (Å²) in [6, 6.07) is 2.65. The van der Waals surface area contributed by atoms with Gasteiger partial charge >= 0.3 is 0 Å². The quantitative estimate of drug-likeness (QED) is 0.779. The van der Waals surface area contributed by atoms with E-state index in [0.717, 1.165) is 0 Å². The average Bonchev–Trinajstić information content (AvgIpc) is 2.31. The number of hydrogen-bond donors (Lipinski definition) is 2. The second-order valence-electron chi connectivity index (χ2n) is 3.43. The maximum atomic E-state index is 12.0. The van der Waals surface area contributed by atoms with Crippen molar-refractivity contribution in [2.24, 2.45) is 0 Å². The molecule has 5 nitrogen and oxygen atoms in total. The van der Waals surface area contributed by atoms with Gasteiger partial charge in [0, 0.05) is 18.7 Å². The smallest absolute Gasteiger partial charge is 0.242 e. The lowest BCUT2D eigenvalue weighted by molar-refractivity contribution is 0.204. The van der Waals surface area contributed by atoms with E-state index in [1.165, 1.54) is 19.2 Å². The highest BCUT2D eigenvalue weighted by Crippen LogP contribution is 2.29. The second kappa shape index (κ2) is 6.70. The van der Waals surface area contributed by atoms with Crippen molar-refractivity contribution >= 4 is 33.2 Å². The first kappa shape index (κ1) is 15.7. The molecule has 0 aliphatic carbocycles. The molecule has 0 amide bonds. The number of benzene rings is 1. The van der Waals surface area contributed by atoms with E-state index in [0.29, 0.717) is 0 Å². The van der Waals surface area contributed by atoms with Crippen LogP contribution in [-0.4, -0.2) is 33.8 Å². The minimum Gasteiger partial charge on any atom is -0.392 e. The number of methoxy groups -OCH3 is 1. The number of rotatable bonds is 6. The number of ether oxygens (including phenoxy) is 1. The highest BCUT2D eigenvalue weighted by Gasteiger charge is 2.20. The van der Waals surface area contributed by atoms with E-state index in [9.17, 15) is 8.42 Å². The molecule has 0 heterocycles. The van der Waals surface area contributed by atoms with Crippen molar-refractivity contribution in [1.29, 1.82) is 0 Å². The van der Waals surface area contributed by atoms with E-state index in [2.05, 4.69) is 4.72 Å². The van der Waals surface area contributed by atoms with Crippen molar-refractivity contribution in [2.45, 2.75) is 11.5 Å². The largest absolute Gasteiger partial charge is 0.392 e. The summed E-state index contributed by atoms with van der Waals surface area (Å²) >= 11 is 11.7. The molecule has 102 valence electrons. The van der Waals surface area contributed by atoms with Crippen LogP contribution in [-0.2, 0) is 21.4 Å². The summed E-state index contributed by atoms with van der Waals surface area (Å²) in [4.78, 5) is -0.156. The zero-order chi connectivity index (χ0) is 13.8. The predicted octanol–water partition coefficient (Wildman–Crippen LogP) is 1.41. The number of aliphatic hydroxyl groups is 1. The van der Waals surface area contributed by atoms with E-state index < -0.39 is 10.0 Å². The Labute approximate surface area is 116 Å². The normalized spacial score (nSPS) is 11.8. The van der Waals surface area contributed by atoms with Gasteiger partial charge in [-0.25, -0.2) is 13.1 Å². The summed E-state index contributed by atoms with van der Waals surface area (Å²) in [5.74, 6) is 0. The molecule has 8 heteroatoms. The fraction of sp³-hybridized carbons (Fsp3) is 0.400. The van der Waals surface area contributed by atoms with Gasteiger partial charge in [-0.1, -0.05) is 23.2 Å². The molecule has 0 atom stereocenters.